The number of ether oxygens (including phenoxy) is 1. The summed E-state index contributed by atoms with van der Waals surface area (Å²) >= 11 is 6.35. The highest BCUT2D eigenvalue weighted by Gasteiger charge is 2.31. The zero-order chi connectivity index (χ0) is 14.8. The lowest BCUT2D eigenvalue weighted by atomic mass is 9.88. The molecule has 0 aliphatic carbocycles. The third-order valence-corrected chi connectivity index (χ3v) is 4.69. The van der Waals surface area contributed by atoms with Crippen LogP contribution in [0.5, 0.6) is 0 Å². The topological polar surface area (TPSA) is 21.3 Å². The molecule has 2 aromatic rings. The van der Waals surface area contributed by atoms with Gasteiger partial charge in [-0.2, -0.15) is 0 Å². The van der Waals surface area contributed by atoms with Crippen molar-refractivity contribution in [1.82, 2.24) is 5.32 Å². The second-order valence-electron chi connectivity index (χ2n) is 5.86. The second-order valence-corrected chi connectivity index (χ2v) is 6.26. The van der Waals surface area contributed by atoms with Crippen LogP contribution in [-0.4, -0.2) is 19.3 Å². The molecule has 3 rings (SSSR count). The van der Waals surface area contributed by atoms with Gasteiger partial charge in [0, 0.05) is 22.4 Å². The van der Waals surface area contributed by atoms with E-state index in [9.17, 15) is 0 Å². The van der Waals surface area contributed by atoms with Crippen molar-refractivity contribution in [3.8, 4) is 0 Å². The molecule has 1 aliphatic heterocycles. The van der Waals surface area contributed by atoms with Gasteiger partial charge in [0.2, 0.25) is 0 Å². The fraction of sp³-hybridized carbons (Fsp3) is 0.444. The fourth-order valence-electron chi connectivity index (χ4n) is 3.39. The number of benzene rings is 2. The average Bonchev–Trinajstić information content (AvgIpc) is 2.92. The molecule has 0 amide bonds. The Kier molecular flexibility index (Phi) is 4.48. The number of halogens is 1. The van der Waals surface area contributed by atoms with Gasteiger partial charge < -0.3 is 10.1 Å². The van der Waals surface area contributed by atoms with Gasteiger partial charge in [-0.3, -0.25) is 0 Å². The molecule has 0 aromatic heterocycles. The van der Waals surface area contributed by atoms with E-state index < -0.39 is 0 Å². The standard InChI is InChI=1S/C18H22ClNO/c1-3-20-18(13-10-12(2)21-11-13)16-8-9-17(19)15-7-5-4-6-14(15)16/h4-9,12-13,18,20H,3,10-11H2,1-2H3. The van der Waals surface area contributed by atoms with Crippen molar-refractivity contribution in [3.63, 3.8) is 0 Å². The van der Waals surface area contributed by atoms with E-state index in [1.807, 2.05) is 12.1 Å². The van der Waals surface area contributed by atoms with Crippen molar-refractivity contribution in [1.29, 1.82) is 0 Å². The van der Waals surface area contributed by atoms with E-state index in [1.54, 1.807) is 0 Å². The Morgan fingerprint density at radius 1 is 1.24 bits per heavy atom. The number of nitrogens with one attached hydrogen (secondary N) is 1. The molecule has 3 atom stereocenters. The second kappa shape index (κ2) is 6.35. The van der Waals surface area contributed by atoms with Crippen LogP contribution in [-0.2, 0) is 4.74 Å². The minimum atomic E-state index is 0.321. The molecule has 1 N–H and O–H groups in total. The average molecular weight is 304 g/mol. The van der Waals surface area contributed by atoms with Crippen molar-refractivity contribution < 1.29 is 4.74 Å². The maximum atomic E-state index is 6.35. The quantitative estimate of drug-likeness (QED) is 0.893. The molecule has 1 saturated heterocycles. The Bertz CT molecular complexity index is 628. The SMILES string of the molecule is CCNC(c1ccc(Cl)c2ccccc12)C1COC(C)C1. The molecule has 1 heterocycles. The first-order chi connectivity index (χ1) is 10.2. The summed E-state index contributed by atoms with van der Waals surface area (Å²) in [4.78, 5) is 0. The van der Waals surface area contributed by atoms with Gasteiger partial charge in [-0.05, 0) is 36.9 Å². The smallest absolute Gasteiger partial charge is 0.0551 e. The zero-order valence-electron chi connectivity index (χ0n) is 12.6. The van der Waals surface area contributed by atoms with E-state index in [2.05, 4.69) is 43.4 Å². The highest BCUT2D eigenvalue weighted by Crippen LogP contribution is 2.37. The maximum Gasteiger partial charge on any atom is 0.0551 e. The Morgan fingerprint density at radius 2 is 2.00 bits per heavy atom. The molecule has 0 spiro atoms. The molecule has 3 heteroatoms. The molecule has 1 aliphatic rings. The molecule has 2 nitrogen and oxygen atoms in total. The van der Waals surface area contributed by atoms with Crippen LogP contribution in [0, 0.1) is 5.92 Å². The van der Waals surface area contributed by atoms with Gasteiger partial charge in [-0.1, -0.05) is 48.9 Å². The third-order valence-electron chi connectivity index (χ3n) is 4.36. The van der Waals surface area contributed by atoms with E-state index >= 15 is 0 Å². The lowest BCUT2D eigenvalue weighted by molar-refractivity contribution is 0.117. The van der Waals surface area contributed by atoms with Crippen molar-refractivity contribution in [2.75, 3.05) is 13.2 Å². The van der Waals surface area contributed by atoms with Crippen LogP contribution in [0.2, 0.25) is 5.02 Å². The first-order valence-electron chi connectivity index (χ1n) is 7.72. The number of hydrogen-bond acceptors (Lipinski definition) is 2. The molecule has 21 heavy (non-hydrogen) atoms. The normalized spacial score (nSPS) is 23.6. The van der Waals surface area contributed by atoms with Gasteiger partial charge >= 0.3 is 0 Å². The van der Waals surface area contributed by atoms with E-state index in [0.29, 0.717) is 18.1 Å². The van der Waals surface area contributed by atoms with Crippen LogP contribution in [0.25, 0.3) is 10.8 Å². The monoisotopic (exact) mass is 303 g/mol. The lowest BCUT2D eigenvalue weighted by Gasteiger charge is -2.25. The number of hydrogen-bond donors (Lipinski definition) is 1. The van der Waals surface area contributed by atoms with Gasteiger partial charge in [0.05, 0.1) is 12.7 Å². The van der Waals surface area contributed by atoms with Gasteiger partial charge in [0.25, 0.3) is 0 Å². The summed E-state index contributed by atoms with van der Waals surface area (Å²) in [7, 11) is 0. The van der Waals surface area contributed by atoms with E-state index in [0.717, 1.165) is 30.0 Å². The van der Waals surface area contributed by atoms with Crippen molar-refractivity contribution >= 4 is 22.4 Å². The van der Waals surface area contributed by atoms with Crippen molar-refractivity contribution in [3.05, 3.63) is 47.0 Å². The van der Waals surface area contributed by atoms with Gasteiger partial charge in [-0.25, -0.2) is 0 Å². The molecular weight excluding hydrogens is 282 g/mol. The summed E-state index contributed by atoms with van der Waals surface area (Å²) in [5, 5.41) is 6.85. The third kappa shape index (κ3) is 2.94. The summed E-state index contributed by atoms with van der Waals surface area (Å²) in [6.45, 7) is 6.09. The lowest BCUT2D eigenvalue weighted by Crippen LogP contribution is -2.29. The first-order valence-corrected chi connectivity index (χ1v) is 8.10. The molecule has 3 unspecified atom stereocenters. The van der Waals surface area contributed by atoms with Gasteiger partial charge in [0.15, 0.2) is 0 Å². The van der Waals surface area contributed by atoms with Crippen LogP contribution < -0.4 is 5.32 Å². The first kappa shape index (κ1) is 14.8. The Balaban J connectivity index is 2.05. The van der Waals surface area contributed by atoms with Crippen LogP contribution >= 0.6 is 11.6 Å². The summed E-state index contributed by atoms with van der Waals surface area (Å²) in [5.74, 6) is 0.518. The summed E-state index contributed by atoms with van der Waals surface area (Å²) in [6.07, 6.45) is 1.46. The van der Waals surface area contributed by atoms with Crippen LogP contribution in [0.15, 0.2) is 36.4 Å². The molecule has 0 saturated carbocycles. The molecule has 0 radical (unpaired) electrons. The van der Waals surface area contributed by atoms with E-state index in [4.69, 9.17) is 16.3 Å². The molecule has 0 bridgehead atoms. The van der Waals surface area contributed by atoms with Crippen LogP contribution in [0.4, 0.5) is 0 Å². The minimum Gasteiger partial charge on any atom is -0.378 e. The van der Waals surface area contributed by atoms with Gasteiger partial charge in [-0.15, -0.1) is 0 Å². The highest BCUT2D eigenvalue weighted by atomic mass is 35.5. The van der Waals surface area contributed by atoms with Crippen molar-refractivity contribution in [2.45, 2.75) is 32.4 Å². The van der Waals surface area contributed by atoms with E-state index in [-0.39, 0.29) is 0 Å². The molecule has 1 fully saturated rings. The van der Waals surface area contributed by atoms with Crippen LogP contribution in [0.3, 0.4) is 0 Å². The van der Waals surface area contributed by atoms with Gasteiger partial charge in [0.1, 0.15) is 0 Å². The Labute approximate surface area is 131 Å². The number of rotatable bonds is 4. The van der Waals surface area contributed by atoms with Crippen molar-refractivity contribution in [2.24, 2.45) is 5.92 Å². The van der Waals surface area contributed by atoms with Crippen LogP contribution in [0.1, 0.15) is 31.9 Å². The highest BCUT2D eigenvalue weighted by molar-refractivity contribution is 6.35. The molecular formula is C18H22ClNO. The maximum absolute atomic E-state index is 6.35. The predicted molar refractivity (Wildman–Crippen MR) is 88.9 cm³/mol. The molecule has 112 valence electrons. The summed E-state index contributed by atoms with van der Waals surface area (Å²) in [6, 6.07) is 12.9. The minimum absolute atomic E-state index is 0.321. The largest absolute Gasteiger partial charge is 0.378 e. The predicted octanol–water partition coefficient (Wildman–Crippen LogP) is 4.57. The Morgan fingerprint density at radius 3 is 2.67 bits per heavy atom. The summed E-state index contributed by atoms with van der Waals surface area (Å²) in [5.41, 5.74) is 1.33. The fourth-order valence-corrected chi connectivity index (χ4v) is 3.62. The zero-order valence-corrected chi connectivity index (χ0v) is 13.4. The summed E-state index contributed by atoms with van der Waals surface area (Å²) < 4.78 is 5.78. The molecule has 2 aromatic carbocycles. The van der Waals surface area contributed by atoms with E-state index in [1.165, 1.54) is 10.9 Å². The Hall–Kier alpha value is -1.09. The number of fused-ring (bicyclic) bond motifs is 1.